The van der Waals surface area contributed by atoms with Crippen LogP contribution in [-0.4, -0.2) is 21.7 Å². The molecule has 1 amide bonds. The van der Waals surface area contributed by atoms with Crippen molar-refractivity contribution in [3.63, 3.8) is 0 Å². The van der Waals surface area contributed by atoms with E-state index in [4.69, 9.17) is 23.1 Å². The van der Waals surface area contributed by atoms with Gasteiger partial charge in [0.25, 0.3) is 0 Å². The molecular weight excluding hydrogens is 525 g/mol. The second-order valence-electron chi connectivity index (χ2n) is 7.60. The molecule has 0 spiro atoms. The molecule has 0 aliphatic heterocycles. The van der Waals surface area contributed by atoms with Crippen molar-refractivity contribution in [1.29, 1.82) is 0 Å². The number of aromatic nitrogens is 2. The average molecular weight is 556 g/mol. The van der Waals surface area contributed by atoms with E-state index < -0.39 is 5.91 Å². The maximum absolute atomic E-state index is 12.4. The molecule has 0 aliphatic rings. The Labute approximate surface area is 203 Å². The van der Waals surface area contributed by atoms with Crippen LogP contribution in [0.5, 0.6) is 0 Å². The fraction of sp³-hybridized carbons (Fsp3) is 0.478. The lowest BCUT2D eigenvalue weighted by Gasteiger charge is -2.08. The third-order valence-electron chi connectivity index (χ3n) is 4.99. The van der Waals surface area contributed by atoms with E-state index in [9.17, 15) is 4.79 Å². The van der Waals surface area contributed by atoms with Crippen LogP contribution in [0.4, 0.5) is 5.82 Å². The molecule has 2 aromatic rings. The summed E-state index contributed by atoms with van der Waals surface area (Å²) >= 11 is 8.53. The molecule has 0 bridgehead atoms. The monoisotopic (exact) mass is 555 g/mol. The van der Waals surface area contributed by atoms with Crippen LogP contribution in [0.1, 0.15) is 80.0 Å². The molecule has 0 saturated carbocycles. The molecule has 31 heavy (non-hydrogen) atoms. The molecule has 1 aromatic carbocycles. The second-order valence-corrected chi connectivity index (χ2v) is 9.20. The molecule has 2 rings (SSSR count). The first-order chi connectivity index (χ1) is 14.9. The molecule has 0 atom stereocenters. The highest BCUT2D eigenvalue weighted by Crippen LogP contribution is 2.19. The number of halogens is 2. The summed E-state index contributed by atoms with van der Waals surface area (Å²) in [6.45, 7) is 2.21. The molecule has 1 heterocycles. The standard InChI is InChI=1S/C23H31ClIN5O/c1-2-3-4-5-6-7-8-9-19(26)29-23(31)20-22(27)28-18(21(24)30-20)15-12-16-10-13-17(25)14-11-16/h10-11,13-14H,2-9,12,15H2,1H3,(H2,27,28)(H2,26,29,31). The summed E-state index contributed by atoms with van der Waals surface area (Å²) < 4.78 is 1.18. The predicted molar refractivity (Wildman–Crippen MR) is 137 cm³/mol. The second kappa shape index (κ2) is 13.6. The van der Waals surface area contributed by atoms with Crippen molar-refractivity contribution in [2.45, 2.75) is 71.1 Å². The first kappa shape index (κ1) is 25.5. The van der Waals surface area contributed by atoms with Crippen molar-refractivity contribution in [2.75, 3.05) is 5.73 Å². The van der Waals surface area contributed by atoms with Gasteiger partial charge in [-0.25, -0.2) is 9.97 Å². The molecule has 4 N–H and O–H groups in total. The topological polar surface area (TPSA) is 107 Å². The van der Waals surface area contributed by atoms with Gasteiger partial charge >= 0.3 is 5.91 Å². The molecule has 0 unspecified atom stereocenters. The van der Waals surface area contributed by atoms with Crippen LogP contribution in [0.3, 0.4) is 0 Å². The maximum Gasteiger partial charge on any atom is 0.301 e. The Bertz CT molecular complexity index is 886. The van der Waals surface area contributed by atoms with Crippen molar-refractivity contribution < 1.29 is 4.79 Å². The largest absolute Gasteiger partial charge is 0.387 e. The number of amidine groups is 1. The number of nitrogens with zero attached hydrogens (tertiary/aromatic N) is 3. The molecule has 0 fully saturated rings. The number of aryl methyl sites for hydroxylation is 2. The Balaban J connectivity index is 1.89. The van der Waals surface area contributed by atoms with E-state index in [0.29, 0.717) is 24.4 Å². The predicted octanol–water partition coefficient (Wildman–Crippen LogP) is 5.74. The van der Waals surface area contributed by atoms with Gasteiger partial charge in [-0.3, -0.25) is 4.79 Å². The molecule has 0 aliphatic carbocycles. The normalized spacial score (nSPS) is 11.6. The van der Waals surface area contributed by atoms with Crippen molar-refractivity contribution in [1.82, 2.24) is 9.97 Å². The summed E-state index contributed by atoms with van der Waals surface area (Å²) in [5.41, 5.74) is 13.6. The van der Waals surface area contributed by atoms with Gasteiger partial charge in [-0.1, -0.05) is 69.2 Å². The zero-order valence-electron chi connectivity index (χ0n) is 18.0. The Hall–Kier alpha value is -1.74. The number of hydrogen-bond donors (Lipinski definition) is 2. The van der Waals surface area contributed by atoms with Crippen LogP contribution in [-0.2, 0) is 12.8 Å². The Morgan fingerprint density at radius 2 is 1.68 bits per heavy atom. The Morgan fingerprint density at radius 1 is 1.03 bits per heavy atom. The number of nitrogen functional groups attached to an aromatic ring is 1. The van der Waals surface area contributed by atoms with E-state index in [1.807, 2.05) is 12.1 Å². The van der Waals surface area contributed by atoms with Gasteiger partial charge in [-0.2, -0.15) is 4.99 Å². The third-order valence-corrected chi connectivity index (χ3v) is 6.02. The number of carbonyl (C=O) groups is 1. The minimum atomic E-state index is -0.600. The molecular formula is C23H31ClIN5O. The minimum absolute atomic E-state index is 0.0273. The summed E-state index contributed by atoms with van der Waals surface area (Å²) in [7, 11) is 0. The van der Waals surface area contributed by atoms with Crippen LogP contribution in [0, 0.1) is 3.57 Å². The smallest absolute Gasteiger partial charge is 0.301 e. The number of unbranched alkanes of at least 4 members (excludes halogenated alkanes) is 6. The van der Waals surface area contributed by atoms with E-state index in [1.54, 1.807) is 0 Å². The van der Waals surface area contributed by atoms with Gasteiger partial charge in [-0.15, -0.1) is 0 Å². The van der Waals surface area contributed by atoms with E-state index in [0.717, 1.165) is 19.3 Å². The summed E-state index contributed by atoms with van der Waals surface area (Å²) in [5.74, 6) is -0.283. The van der Waals surface area contributed by atoms with Crippen molar-refractivity contribution in [2.24, 2.45) is 10.7 Å². The van der Waals surface area contributed by atoms with Gasteiger partial charge in [0.2, 0.25) is 0 Å². The fourth-order valence-corrected chi connectivity index (χ4v) is 3.78. The van der Waals surface area contributed by atoms with Crippen molar-refractivity contribution >= 4 is 51.8 Å². The number of amides is 1. The molecule has 0 saturated heterocycles. The highest BCUT2D eigenvalue weighted by Gasteiger charge is 2.17. The van der Waals surface area contributed by atoms with E-state index in [1.165, 1.54) is 41.2 Å². The van der Waals surface area contributed by atoms with Gasteiger partial charge in [-0.05, 0) is 59.5 Å². The highest BCUT2D eigenvalue weighted by molar-refractivity contribution is 14.1. The van der Waals surface area contributed by atoms with E-state index in [-0.39, 0.29) is 16.7 Å². The van der Waals surface area contributed by atoms with Gasteiger partial charge < -0.3 is 11.5 Å². The number of aliphatic imine (C=N–C) groups is 1. The van der Waals surface area contributed by atoms with Gasteiger partial charge in [0.05, 0.1) is 5.69 Å². The summed E-state index contributed by atoms with van der Waals surface area (Å²) in [6, 6.07) is 8.22. The SMILES string of the molecule is CCCCCCCCCC(N)=NC(=O)c1nc(Cl)c(CCc2ccc(I)cc2)nc1N. The molecule has 1 aromatic heterocycles. The zero-order valence-corrected chi connectivity index (χ0v) is 21.0. The lowest BCUT2D eigenvalue weighted by atomic mass is 10.1. The number of nitrogens with two attached hydrogens (primary N) is 2. The van der Waals surface area contributed by atoms with Crippen LogP contribution >= 0.6 is 34.2 Å². The molecule has 0 radical (unpaired) electrons. The quantitative estimate of drug-likeness (QED) is 0.150. The van der Waals surface area contributed by atoms with Gasteiger partial charge in [0, 0.05) is 9.99 Å². The van der Waals surface area contributed by atoms with Gasteiger partial charge in [0.1, 0.15) is 5.84 Å². The summed E-state index contributed by atoms with van der Waals surface area (Å²) in [5, 5.41) is 0.170. The third kappa shape index (κ3) is 9.11. The maximum atomic E-state index is 12.4. The number of rotatable bonds is 12. The Kier molecular flexibility index (Phi) is 11.2. The van der Waals surface area contributed by atoms with Crippen LogP contribution < -0.4 is 11.5 Å². The summed E-state index contributed by atoms with van der Waals surface area (Å²) in [6.07, 6.45) is 10.1. The van der Waals surface area contributed by atoms with E-state index in [2.05, 4.69) is 56.6 Å². The lowest BCUT2D eigenvalue weighted by molar-refractivity contribution is 0.0998. The number of carbonyl (C=O) groups excluding carboxylic acids is 1. The minimum Gasteiger partial charge on any atom is -0.387 e. The van der Waals surface area contributed by atoms with E-state index >= 15 is 0 Å². The molecule has 168 valence electrons. The zero-order chi connectivity index (χ0) is 22.6. The first-order valence-electron chi connectivity index (χ1n) is 10.8. The summed E-state index contributed by atoms with van der Waals surface area (Å²) in [4.78, 5) is 24.8. The van der Waals surface area contributed by atoms with Crippen molar-refractivity contribution in [3.05, 3.63) is 49.9 Å². The lowest BCUT2D eigenvalue weighted by Crippen LogP contribution is -2.16. The Morgan fingerprint density at radius 3 is 2.35 bits per heavy atom. The fourth-order valence-electron chi connectivity index (χ4n) is 3.20. The number of benzene rings is 1. The molecule has 6 nitrogen and oxygen atoms in total. The van der Waals surface area contributed by atoms with Crippen LogP contribution in [0.15, 0.2) is 29.3 Å². The molecule has 8 heteroatoms. The number of anilines is 1. The average Bonchev–Trinajstić information content (AvgIpc) is 2.74. The van der Waals surface area contributed by atoms with Crippen LogP contribution in [0.2, 0.25) is 5.15 Å². The highest BCUT2D eigenvalue weighted by atomic mass is 127. The van der Waals surface area contributed by atoms with Crippen molar-refractivity contribution in [3.8, 4) is 0 Å². The number of hydrogen-bond acceptors (Lipinski definition) is 4. The first-order valence-corrected chi connectivity index (χ1v) is 12.3. The van der Waals surface area contributed by atoms with Crippen LogP contribution in [0.25, 0.3) is 0 Å². The van der Waals surface area contributed by atoms with Gasteiger partial charge in [0.15, 0.2) is 16.7 Å².